The maximum Gasteiger partial charge on any atom is 0.141 e. The highest BCUT2D eigenvalue weighted by atomic mass is 35.5. The molecule has 1 N–H and O–H groups in total. The van der Waals surface area contributed by atoms with Gasteiger partial charge in [-0.2, -0.15) is 0 Å². The normalized spacial score (nSPS) is 10.6. The average molecular weight is 272 g/mol. The standard InChI is InChI=1S/C15H10ClNO2/c16-15-13-8-11(19-10-4-2-1-3-5-10)6-7-12(13)14(18)9-17-15/h1-9,18H. The molecule has 0 saturated heterocycles. The molecule has 19 heavy (non-hydrogen) atoms. The summed E-state index contributed by atoms with van der Waals surface area (Å²) < 4.78 is 5.71. The van der Waals surface area contributed by atoms with E-state index in [4.69, 9.17) is 16.3 Å². The van der Waals surface area contributed by atoms with Crippen LogP contribution < -0.4 is 4.74 Å². The molecule has 0 spiro atoms. The molecule has 0 radical (unpaired) electrons. The average Bonchev–Trinajstić information content (AvgIpc) is 2.44. The third-order valence-electron chi connectivity index (χ3n) is 2.77. The number of nitrogens with zero attached hydrogens (tertiary/aromatic N) is 1. The minimum Gasteiger partial charge on any atom is -0.506 e. The second kappa shape index (κ2) is 4.78. The van der Waals surface area contributed by atoms with Crippen LogP contribution in [-0.2, 0) is 0 Å². The van der Waals surface area contributed by atoms with Crippen LogP contribution >= 0.6 is 11.6 Å². The molecule has 1 aromatic heterocycles. The van der Waals surface area contributed by atoms with Crippen molar-refractivity contribution in [1.29, 1.82) is 0 Å². The van der Waals surface area contributed by atoms with Crippen molar-refractivity contribution in [2.24, 2.45) is 0 Å². The Hall–Kier alpha value is -2.26. The Morgan fingerprint density at radius 1 is 0.947 bits per heavy atom. The predicted molar refractivity (Wildman–Crippen MR) is 74.9 cm³/mol. The third kappa shape index (κ3) is 2.33. The van der Waals surface area contributed by atoms with Crippen molar-refractivity contribution in [2.75, 3.05) is 0 Å². The molecular weight excluding hydrogens is 262 g/mol. The van der Waals surface area contributed by atoms with Crippen molar-refractivity contribution in [2.45, 2.75) is 0 Å². The number of ether oxygens (including phenoxy) is 1. The second-order valence-electron chi connectivity index (χ2n) is 4.06. The highest BCUT2D eigenvalue weighted by molar-refractivity contribution is 6.34. The first-order chi connectivity index (χ1) is 9.24. The van der Waals surface area contributed by atoms with E-state index in [1.165, 1.54) is 6.20 Å². The Balaban J connectivity index is 2.05. The summed E-state index contributed by atoms with van der Waals surface area (Å²) in [4.78, 5) is 3.91. The first-order valence-electron chi connectivity index (χ1n) is 5.74. The molecule has 0 atom stereocenters. The molecular formula is C15H10ClNO2. The molecule has 0 aliphatic rings. The molecule has 3 nitrogen and oxygen atoms in total. The summed E-state index contributed by atoms with van der Waals surface area (Å²) in [5.41, 5.74) is 0. The third-order valence-corrected chi connectivity index (χ3v) is 3.07. The Labute approximate surface area is 115 Å². The van der Waals surface area contributed by atoms with Crippen molar-refractivity contribution in [3.63, 3.8) is 0 Å². The lowest BCUT2D eigenvalue weighted by Gasteiger charge is -2.08. The Kier molecular flexibility index (Phi) is 2.97. The van der Waals surface area contributed by atoms with Gasteiger partial charge < -0.3 is 9.84 Å². The number of aromatic hydroxyl groups is 1. The molecule has 0 fully saturated rings. The van der Waals surface area contributed by atoms with Gasteiger partial charge in [-0.15, -0.1) is 0 Å². The topological polar surface area (TPSA) is 42.4 Å². The van der Waals surface area contributed by atoms with Crippen LogP contribution in [0.25, 0.3) is 10.8 Å². The number of hydrogen-bond acceptors (Lipinski definition) is 3. The maximum atomic E-state index is 9.71. The van der Waals surface area contributed by atoms with Crippen LogP contribution in [0.15, 0.2) is 54.7 Å². The van der Waals surface area contributed by atoms with E-state index in [0.29, 0.717) is 21.7 Å². The predicted octanol–water partition coefficient (Wildman–Crippen LogP) is 4.39. The fraction of sp³-hybridized carbons (Fsp3) is 0. The van der Waals surface area contributed by atoms with Gasteiger partial charge in [0.1, 0.15) is 22.4 Å². The van der Waals surface area contributed by atoms with E-state index in [2.05, 4.69) is 4.98 Å². The summed E-state index contributed by atoms with van der Waals surface area (Å²) in [6.07, 6.45) is 1.34. The number of fused-ring (bicyclic) bond motifs is 1. The Morgan fingerprint density at radius 2 is 1.74 bits per heavy atom. The smallest absolute Gasteiger partial charge is 0.141 e. The van der Waals surface area contributed by atoms with Gasteiger partial charge in [0.05, 0.1) is 6.20 Å². The van der Waals surface area contributed by atoms with Gasteiger partial charge >= 0.3 is 0 Å². The van der Waals surface area contributed by atoms with Gasteiger partial charge in [0, 0.05) is 10.8 Å². The van der Waals surface area contributed by atoms with E-state index in [-0.39, 0.29) is 5.75 Å². The second-order valence-corrected chi connectivity index (χ2v) is 4.41. The van der Waals surface area contributed by atoms with Crippen molar-refractivity contribution >= 4 is 22.4 Å². The van der Waals surface area contributed by atoms with Crippen molar-refractivity contribution < 1.29 is 9.84 Å². The number of rotatable bonds is 2. The molecule has 1 heterocycles. The van der Waals surface area contributed by atoms with Gasteiger partial charge in [0.2, 0.25) is 0 Å². The summed E-state index contributed by atoms with van der Waals surface area (Å²) >= 11 is 6.03. The summed E-state index contributed by atoms with van der Waals surface area (Å²) in [6.45, 7) is 0. The largest absolute Gasteiger partial charge is 0.506 e. The number of para-hydroxylation sites is 1. The maximum absolute atomic E-state index is 9.71. The van der Waals surface area contributed by atoms with Crippen LogP contribution in [0.4, 0.5) is 0 Å². The monoisotopic (exact) mass is 271 g/mol. The highest BCUT2D eigenvalue weighted by Gasteiger charge is 2.07. The molecule has 4 heteroatoms. The van der Waals surface area contributed by atoms with Gasteiger partial charge in [-0.3, -0.25) is 0 Å². The minimum absolute atomic E-state index is 0.102. The SMILES string of the molecule is Oc1cnc(Cl)c2cc(Oc3ccccc3)ccc12. The molecule has 0 amide bonds. The molecule has 2 aromatic carbocycles. The number of benzene rings is 2. The summed E-state index contributed by atoms with van der Waals surface area (Å²) in [5.74, 6) is 1.49. The molecule has 3 rings (SSSR count). The van der Waals surface area contributed by atoms with E-state index in [0.717, 1.165) is 5.75 Å². The van der Waals surface area contributed by atoms with Crippen LogP contribution in [0.5, 0.6) is 17.2 Å². The van der Waals surface area contributed by atoms with Crippen LogP contribution in [0, 0.1) is 0 Å². The molecule has 0 bridgehead atoms. The van der Waals surface area contributed by atoms with Crippen molar-refractivity contribution in [3.05, 3.63) is 59.9 Å². The number of aromatic nitrogens is 1. The van der Waals surface area contributed by atoms with E-state index >= 15 is 0 Å². The van der Waals surface area contributed by atoms with Gasteiger partial charge in [-0.05, 0) is 30.3 Å². The zero-order valence-corrected chi connectivity index (χ0v) is 10.6. The lowest BCUT2D eigenvalue weighted by Crippen LogP contribution is -1.85. The molecule has 3 aromatic rings. The Bertz CT molecular complexity index is 729. The quantitative estimate of drug-likeness (QED) is 0.703. The van der Waals surface area contributed by atoms with Gasteiger partial charge in [0.25, 0.3) is 0 Å². The van der Waals surface area contributed by atoms with Crippen LogP contribution in [0.3, 0.4) is 0 Å². The zero-order chi connectivity index (χ0) is 13.2. The highest BCUT2D eigenvalue weighted by Crippen LogP contribution is 2.32. The molecule has 0 saturated carbocycles. The molecule has 0 aliphatic carbocycles. The number of halogens is 1. The first-order valence-corrected chi connectivity index (χ1v) is 6.12. The summed E-state index contributed by atoms with van der Waals surface area (Å²) in [6, 6.07) is 14.8. The fourth-order valence-electron chi connectivity index (χ4n) is 1.86. The molecule has 94 valence electrons. The van der Waals surface area contributed by atoms with E-state index < -0.39 is 0 Å². The van der Waals surface area contributed by atoms with Crippen molar-refractivity contribution in [1.82, 2.24) is 4.98 Å². The minimum atomic E-state index is 0.102. The van der Waals surface area contributed by atoms with Gasteiger partial charge in [-0.25, -0.2) is 4.98 Å². The van der Waals surface area contributed by atoms with Crippen LogP contribution in [0.1, 0.15) is 0 Å². The fourth-order valence-corrected chi connectivity index (χ4v) is 2.07. The van der Waals surface area contributed by atoms with E-state index in [9.17, 15) is 5.11 Å². The lowest BCUT2D eigenvalue weighted by molar-refractivity contribution is 0.478. The number of hydrogen-bond donors (Lipinski definition) is 1. The molecule has 0 unspecified atom stereocenters. The van der Waals surface area contributed by atoms with Crippen LogP contribution in [0.2, 0.25) is 5.15 Å². The van der Waals surface area contributed by atoms with Gasteiger partial charge in [-0.1, -0.05) is 29.8 Å². The van der Waals surface area contributed by atoms with Crippen molar-refractivity contribution in [3.8, 4) is 17.2 Å². The number of pyridine rings is 1. The summed E-state index contributed by atoms with van der Waals surface area (Å²) in [5, 5.41) is 11.4. The Morgan fingerprint density at radius 3 is 2.53 bits per heavy atom. The zero-order valence-electron chi connectivity index (χ0n) is 9.88. The van der Waals surface area contributed by atoms with Gasteiger partial charge in [0.15, 0.2) is 0 Å². The first kappa shape index (κ1) is 11.8. The summed E-state index contributed by atoms with van der Waals surface area (Å²) in [7, 11) is 0. The van der Waals surface area contributed by atoms with E-state index in [1.807, 2.05) is 30.3 Å². The molecule has 0 aliphatic heterocycles. The lowest BCUT2D eigenvalue weighted by atomic mass is 10.1. The van der Waals surface area contributed by atoms with E-state index in [1.54, 1.807) is 18.2 Å². The van der Waals surface area contributed by atoms with Crippen LogP contribution in [-0.4, -0.2) is 10.1 Å².